The normalized spacial score (nSPS) is 11.5. The molecule has 1 heterocycles. The van der Waals surface area contributed by atoms with Crippen LogP contribution in [-0.2, 0) is 21.4 Å². The Morgan fingerprint density at radius 1 is 0.970 bits per heavy atom. The lowest BCUT2D eigenvalue weighted by molar-refractivity contribution is -0.116. The molecule has 170 valence electrons. The minimum atomic E-state index is -3.85. The van der Waals surface area contributed by atoms with Crippen LogP contribution in [0.25, 0.3) is 10.9 Å². The van der Waals surface area contributed by atoms with Gasteiger partial charge in [-0.3, -0.25) is 4.79 Å². The number of amides is 1. The van der Waals surface area contributed by atoms with Crippen molar-refractivity contribution < 1.29 is 17.9 Å². The molecule has 1 aromatic heterocycles. The molecule has 0 N–H and O–H groups in total. The molecule has 1 amide bonds. The van der Waals surface area contributed by atoms with Gasteiger partial charge in [-0.1, -0.05) is 30.3 Å². The summed E-state index contributed by atoms with van der Waals surface area (Å²) >= 11 is 0. The average Bonchev–Trinajstić information content (AvgIpc) is 3.18. The Balaban J connectivity index is 1.72. The van der Waals surface area contributed by atoms with Gasteiger partial charge in [0.05, 0.1) is 16.1 Å². The molecule has 4 rings (SSSR count). The summed E-state index contributed by atoms with van der Waals surface area (Å²) in [4.78, 5) is 13.4. The Kier molecular flexibility index (Phi) is 5.99. The van der Waals surface area contributed by atoms with E-state index in [0.29, 0.717) is 22.5 Å². The highest BCUT2D eigenvalue weighted by molar-refractivity contribution is 7.90. The monoisotopic (exact) mass is 462 g/mol. The predicted octanol–water partition coefficient (Wildman–Crippen LogP) is 5.06. The number of nitrogens with zero attached hydrogens (tertiary/aromatic N) is 2. The zero-order chi connectivity index (χ0) is 23.8. The van der Waals surface area contributed by atoms with E-state index in [0.717, 1.165) is 16.6 Å². The van der Waals surface area contributed by atoms with Crippen LogP contribution in [0.4, 0.5) is 5.69 Å². The van der Waals surface area contributed by atoms with E-state index in [9.17, 15) is 13.2 Å². The van der Waals surface area contributed by atoms with Crippen molar-refractivity contribution in [3.8, 4) is 5.75 Å². The molecule has 33 heavy (non-hydrogen) atoms. The summed E-state index contributed by atoms with van der Waals surface area (Å²) in [6.45, 7) is 5.25. The van der Waals surface area contributed by atoms with Gasteiger partial charge in [0.1, 0.15) is 12.4 Å². The number of ether oxygens (including phenoxy) is 1. The van der Waals surface area contributed by atoms with Gasteiger partial charge in [0.2, 0.25) is 5.91 Å². The summed E-state index contributed by atoms with van der Waals surface area (Å²) in [5.41, 5.74) is 3.46. The van der Waals surface area contributed by atoms with E-state index in [4.69, 9.17) is 4.74 Å². The lowest BCUT2D eigenvalue weighted by atomic mass is 10.2. The number of anilines is 1. The standard InChI is InChI=1S/C26H26N2O4S/c1-18-9-10-19(2)26(15-18)33(30,31)28-23(16-21-7-5-6-8-25(21)28)17-32-24-13-11-22(12-14-24)27(4)20(3)29/h5-16H,17H2,1-4H3. The molecule has 0 aliphatic rings. The molecule has 6 nitrogen and oxygen atoms in total. The third-order valence-electron chi connectivity index (χ3n) is 5.68. The highest BCUT2D eigenvalue weighted by Crippen LogP contribution is 2.29. The molecule has 0 aliphatic heterocycles. The van der Waals surface area contributed by atoms with Crippen molar-refractivity contribution >= 4 is 32.5 Å². The topological polar surface area (TPSA) is 68.6 Å². The van der Waals surface area contributed by atoms with Crippen molar-refractivity contribution in [3.05, 3.63) is 89.6 Å². The Morgan fingerprint density at radius 3 is 2.36 bits per heavy atom. The number of hydrogen-bond donors (Lipinski definition) is 0. The minimum absolute atomic E-state index is 0.0650. The smallest absolute Gasteiger partial charge is 0.268 e. The molecule has 0 aliphatic carbocycles. The summed E-state index contributed by atoms with van der Waals surface area (Å²) in [6.07, 6.45) is 0. The van der Waals surface area contributed by atoms with Crippen LogP contribution in [0.5, 0.6) is 5.75 Å². The summed E-state index contributed by atoms with van der Waals surface area (Å²) in [6, 6.07) is 21.8. The molecule has 0 radical (unpaired) electrons. The van der Waals surface area contributed by atoms with Gasteiger partial charge in [0.15, 0.2) is 0 Å². The zero-order valence-electron chi connectivity index (χ0n) is 19.1. The second-order valence-electron chi connectivity index (χ2n) is 8.09. The first kappa shape index (κ1) is 22.6. The van der Waals surface area contributed by atoms with Gasteiger partial charge in [-0.25, -0.2) is 12.4 Å². The van der Waals surface area contributed by atoms with Crippen LogP contribution in [0.2, 0.25) is 0 Å². The number of carbonyl (C=O) groups excluding carboxylic acids is 1. The van der Waals surface area contributed by atoms with Crippen molar-refractivity contribution in [2.24, 2.45) is 0 Å². The van der Waals surface area contributed by atoms with Gasteiger partial charge in [0.25, 0.3) is 10.0 Å². The van der Waals surface area contributed by atoms with Crippen molar-refractivity contribution in [1.82, 2.24) is 3.97 Å². The van der Waals surface area contributed by atoms with Crippen LogP contribution >= 0.6 is 0 Å². The highest BCUT2D eigenvalue weighted by atomic mass is 32.2. The van der Waals surface area contributed by atoms with E-state index < -0.39 is 10.0 Å². The molecular weight excluding hydrogens is 436 g/mol. The van der Waals surface area contributed by atoms with Crippen molar-refractivity contribution in [2.45, 2.75) is 32.3 Å². The molecule has 4 aromatic rings. The summed E-state index contributed by atoms with van der Waals surface area (Å²) in [5, 5.41) is 0.823. The van der Waals surface area contributed by atoms with E-state index in [-0.39, 0.29) is 17.4 Å². The molecule has 0 saturated carbocycles. The van der Waals surface area contributed by atoms with Crippen LogP contribution in [0, 0.1) is 13.8 Å². The summed E-state index contributed by atoms with van der Waals surface area (Å²) in [5.74, 6) is 0.515. The third kappa shape index (κ3) is 4.36. The lowest BCUT2D eigenvalue weighted by Gasteiger charge is -2.16. The maximum atomic E-state index is 13.8. The van der Waals surface area contributed by atoms with Gasteiger partial charge >= 0.3 is 0 Å². The Bertz CT molecular complexity index is 1440. The van der Waals surface area contributed by atoms with E-state index in [1.807, 2.05) is 43.3 Å². The van der Waals surface area contributed by atoms with Gasteiger partial charge in [-0.2, -0.15) is 0 Å². The van der Waals surface area contributed by atoms with E-state index in [2.05, 4.69) is 0 Å². The van der Waals surface area contributed by atoms with Crippen LogP contribution in [0.3, 0.4) is 0 Å². The second kappa shape index (κ2) is 8.75. The largest absolute Gasteiger partial charge is 0.487 e. The first-order valence-corrected chi connectivity index (χ1v) is 12.0. The van der Waals surface area contributed by atoms with Gasteiger partial charge in [-0.05, 0) is 67.4 Å². The van der Waals surface area contributed by atoms with Crippen LogP contribution in [-0.4, -0.2) is 25.3 Å². The molecule has 3 aromatic carbocycles. The molecule has 7 heteroatoms. The highest BCUT2D eigenvalue weighted by Gasteiger charge is 2.25. The number of para-hydroxylation sites is 1. The summed E-state index contributed by atoms with van der Waals surface area (Å²) in [7, 11) is -2.14. The number of aromatic nitrogens is 1. The van der Waals surface area contributed by atoms with Gasteiger partial charge < -0.3 is 9.64 Å². The first-order valence-electron chi connectivity index (χ1n) is 10.6. The fraction of sp³-hybridized carbons (Fsp3) is 0.192. The SMILES string of the molecule is CC(=O)N(C)c1ccc(OCc2cc3ccccc3n2S(=O)(=O)c2cc(C)ccc2C)cc1. The van der Waals surface area contributed by atoms with E-state index in [1.165, 1.54) is 10.9 Å². The number of hydrogen-bond acceptors (Lipinski definition) is 4. The van der Waals surface area contributed by atoms with Crippen molar-refractivity contribution in [3.63, 3.8) is 0 Å². The number of aryl methyl sites for hydroxylation is 2. The van der Waals surface area contributed by atoms with Crippen molar-refractivity contribution in [2.75, 3.05) is 11.9 Å². The second-order valence-corrected chi connectivity index (χ2v) is 9.85. The quantitative estimate of drug-likeness (QED) is 0.402. The molecule has 0 bridgehead atoms. The molecule has 0 fully saturated rings. The maximum absolute atomic E-state index is 13.8. The zero-order valence-corrected chi connectivity index (χ0v) is 19.9. The number of fused-ring (bicyclic) bond motifs is 1. The maximum Gasteiger partial charge on any atom is 0.268 e. The molecule has 0 saturated heterocycles. The fourth-order valence-corrected chi connectivity index (χ4v) is 5.61. The third-order valence-corrected chi connectivity index (χ3v) is 7.59. The molecule has 0 atom stereocenters. The first-order chi connectivity index (χ1) is 15.7. The molecule has 0 unspecified atom stereocenters. The van der Waals surface area contributed by atoms with Crippen LogP contribution in [0.15, 0.2) is 77.7 Å². The minimum Gasteiger partial charge on any atom is -0.487 e. The predicted molar refractivity (Wildman–Crippen MR) is 130 cm³/mol. The summed E-state index contributed by atoms with van der Waals surface area (Å²) < 4.78 is 34.9. The van der Waals surface area contributed by atoms with Crippen LogP contribution in [0.1, 0.15) is 23.7 Å². The van der Waals surface area contributed by atoms with E-state index in [1.54, 1.807) is 55.3 Å². The van der Waals surface area contributed by atoms with Crippen molar-refractivity contribution in [1.29, 1.82) is 0 Å². The number of rotatable bonds is 6. The number of benzene rings is 3. The van der Waals surface area contributed by atoms with Crippen LogP contribution < -0.4 is 9.64 Å². The van der Waals surface area contributed by atoms with Gasteiger partial charge in [0, 0.05) is 25.0 Å². The van der Waals surface area contributed by atoms with Gasteiger partial charge in [-0.15, -0.1) is 0 Å². The average molecular weight is 463 g/mol. The lowest BCUT2D eigenvalue weighted by Crippen LogP contribution is -2.22. The Hall–Kier alpha value is -3.58. The molecular formula is C26H26N2O4S. The number of carbonyl (C=O) groups is 1. The molecule has 0 spiro atoms. The Morgan fingerprint density at radius 2 is 1.67 bits per heavy atom. The van der Waals surface area contributed by atoms with E-state index >= 15 is 0 Å². The fourth-order valence-electron chi connectivity index (χ4n) is 3.76. The Labute approximate surface area is 194 Å².